The molecular formula is C11H21NO4. The van der Waals surface area contributed by atoms with E-state index in [9.17, 15) is 9.59 Å². The summed E-state index contributed by atoms with van der Waals surface area (Å²) in [5.74, 6) is -0.548. The fraction of sp³-hybridized carbons (Fsp3) is 0.818. The Morgan fingerprint density at radius 1 is 1.25 bits per heavy atom. The number of rotatable bonds is 9. The molecule has 1 atom stereocenters. The van der Waals surface area contributed by atoms with E-state index in [0.29, 0.717) is 12.5 Å². The summed E-state index contributed by atoms with van der Waals surface area (Å²) in [5, 5.41) is 8.42. The smallest absolute Gasteiger partial charge is 0.303 e. The number of Topliss-reactive ketones (excluding diaryl/α,β-unsaturated/α-hetero) is 1. The molecule has 5 heteroatoms. The Labute approximate surface area is 96.1 Å². The minimum Gasteiger partial charge on any atom is -0.481 e. The van der Waals surface area contributed by atoms with E-state index in [-0.39, 0.29) is 18.6 Å². The molecule has 16 heavy (non-hydrogen) atoms. The Balaban J connectivity index is 3.59. The van der Waals surface area contributed by atoms with Gasteiger partial charge in [-0.05, 0) is 19.3 Å². The minimum atomic E-state index is -0.957. The zero-order valence-electron chi connectivity index (χ0n) is 10.2. The van der Waals surface area contributed by atoms with Crippen LogP contribution in [0.25, 0.3) is 0 Å². The predicted molar refractivity (Wildman–Crippen MR) is 59.9 cm³/mol. The van der Waals surface area contributed by atoms with Crippen molar-refractivity contribution < 1.29 is 19.5 Å². The van der Waals surface area contributed by atoms with E-state index in [1.165, 1.54) is 0 Å². The van der Waals surface area contributed by atoms with E-state index < -0.39 is 12.0 Å². The monoisotopic (exact) mass is 231 g/mol. The van der Waals surface area contributed by atoms with E-state index in [0.717, 1.165) is 6.42 Å². The number of hydrogen-bond donors (Lipinski definition) is 2. The molecule has 94 valence electrons. The Morgan fingerprint density at radius 3 is 2.38 bits per heavy atom. The lowest BCUT2D eigenvalue weighted by atomic mass is 10.1. The lowest BCUT2D eigenvalue weighted by Crippen LogP contribution is -2.34. The van der Waals surface area contributed by atoms with Gasteiger partial charge in [0.15, 0.2) is 5.78 Å². The first-order valence-corrected chi connectivity index (χ1v) is 5.55. The second-order valence-electron chi connectivity index (χ2n) is 4.23. The Hall–Kier alpha value is -0.940. The van der Waals surface area contributed by atoms with Crippen molar-refractivity contribution >= 4 is 11.8 Å². The van der Waals surface area contributed by atoms with Crippen molar-refractivity contribution in [1.82, 2.24) is 5.48 Å². The summed E-state index contributed by atoms with van der Waals surface area (Å²) in [4.78, 5) is 26.7. The maximum absolute atomic E-state index is 11.4. The zero-order valence-corrected chi connectivity index (χ0v) is 10.2. The lowest BCUT2D eigenvalue weighted by Gasteiger charge is -2.12. The fourth-order valence-corrected chi connectivity index (χ4v) is 0.991. The largest absolute Gasteiger partial charge is 0.481 e. The SMILES string of the molecule is CC(C)CCONC(C)C(=O)CCC(=O)O. The average Bonchev–Trinajstić information content (AvgIpc) is 2.20. The van der Waals surface area contributed by atoms with Gasteiger partial charge in [0.05, 0.1) is 19.1 Å². The normalized spacial score (nSPS) is 12.8. The second kappa shape index (κ2) is 8.24. The maximum Gasteiger partial charge on any atom is 0.303 e. The summed E-state index contributed by atoms with van der Waals surface area (Å²) < 4.78 is 0. The van der Waals surface area contributed by atoms with Gasteiger partial charge < -0.3 is 9.94 Å². The molecule has 0 rings (SSSR count). The van der Waals surface area contributed by atoms with Gasteiger partial charge in [-0.2, -0.15) is 5.48 Å². The van der Waals surface area contributed by atoms with Crippen LogP contribution in [0.5, 0.6) is 0 Å². The van der Waals surface area contributed by atoms with Gasteiger partial charge in [-0.25, -0.2) is 0 Å². The van der Waals surface area contributed by atoms with Gasteiger partial charge in [0.1, 0.15) is 0 Å². The zero-order chi connectivity index (χ0) is 12.6. The van der Waals surface area contributed by atoms with Crippen LogP contribution in [0, 0.1) is 5.92 Å². The number of carbonyl (C=O) groups is 2. The molecule has 0 saturated heterocycles. The molecule has 0 heterocycles. The molecule has 2 N–H and O–H groups in total. The fourth-order valence-electron chi connectivity index (χ4n) is 0.991. The topological polar surface area (TPSA) is 75.6 Å². The summed E-state index contributed by atoms with van der Waals surface area (Å²) in [6, 6.07) is -0.452. The molecule has 0 bridgehead atoms. The van der Waals surface area contributed by atoms with Crippen LogP contribution in [-0.4, -0.2) is 29.5 Å². The highest BCUT2D eigenvalue weighted by molar-refractivity contribution is 5.86. The Morgan fingerprint density at radius 2 is 1.88 bits per heavy atom. The number of aliphatic carboxylic acids is 1. The van der Waals surface area contributed by atoms with Crippen molar-refractivity contribution in [3.8, 4) is 0 Å². The molecule has 1 unspecified atom stereocenters. The number of carbonyl (C=O) groups excluding carboxylic acids is 1. The average molecular weight is 231 g/mol. The maximum atomic E-state index is 11.4. The van der Waals surface area contributed by atoms with Crippen LogP contribution in [0.2, 0.25) is 0 Å². The van der Waals surface area contributed by atoms with Gasteiger partial charge in [-0.15, -0.1) is 0 Å². The molecular weight excluding hydrogens is 210 g/mol. The molecule has 0 aromatic rings. The van der Waals surface area contributed by atoms with E-state index in [4.69, 9.17) is 9.94 Å². The molecule has 0 aromatic heterocycles. The number of hydroxylamine groups is 1. The number of ketones is 1. The number of carboxylic acids is 1. The van der Waals surface area contributed by atoms with E-state index >= 15 is 0 Å². The summed E-state index contributed by atoms with van der Waals surface area (Å²) in [5.41, 5.74) is 2.62. The standard InChI is InChI=1S/C11H21NO4/c1-8(2)6-7-16-12-9(3)10(13)4-5-11(14)15/h8-9,12H,4-7H2,1-3H3,(H,14,15). The van der Waals surface area contributed by atoms with Crippen molar-refractivity contribution in [2.24, 2.45) is 5.92 Å². The van der Waals surface area contributed by atoms with Crippen LogP contribution in [0.1, 0.15) is 40.0 Å². The first-order chi connectivity index (χ1) is 7.43. The van der Waals surface area contributed by atoms with Crippen LogP contribution < -0.4 is 5.48 Å². The van der Waals surface area contributed by atoms with E-state index in [1.54, 1.807) is 6.92 Å². The molecule has 0 aliphatic heterocycles. The van der Waals surface area contributed by atoms with Gasteiger partial charge >= 0.3 is 5.97 Å². The molecule has 5 nitrogen and oxygen atoms in total. The highest BCUT2D eigenvalue weighted by atomic mass is 16.6. The first kappa shape index (κ1) is 15.1. The molecule has 0 aromatic carbocycles. The van der Waals surface area contributed by atoms with E-state index in [1.807, 2.05) is 0 Å². The van der Waals surface area contributed by atoms with Crippen LogP contribution in [0.3, 0.4) is 0 Å². The van der Waals surface area contributed by atoms with Gasteiger partial charge in [0.2, 0.25) is 0 Å². The van der Waals surface area contributed by atoms with Gasteiger partial charge in [0, 0.05) is 6.42 Å². The highest BCUT2D eigenvalue weighted by Gasteiger charge is 2.13. The molecule has 0 amide bonds. The molecule has 0 aliphatic rings. The van der Waals surface area contributed by atoms with Crippen molar-refractivity contribution in [3.05, 3.63) is 0 Å². The lowest BCUT2D eigenvalue weighted by molar-refractivity contribution is -0.139. The summed E-state index contributed by atoms with van der Waals surface area (Å²) in [6.07, 6.45) is 0.830. The summed E-state index contributed by atoms with van der Waals surface area (Å²) >= 11 is 0. The minimum absolute atomic E-state index is 0.0387. The van der Waals surface area contributed by atoms with Crippen LogP contribution in [-0.2, 0) is 14.4 Å². The van der Waals surface area contributed by atoms with Crippen molar-refractivity contribution in [2.75, 3.05) is 6.61 Å². The Bertz CT molecular complexity index is 228. The van der Waals surface area contributed by atoms with Gasteiger partial charge in [0.25, 0.3) is 0 Å². The van der Waals surface area contributed by atoms with Gasteiger partial charge in [-0.1, -0.05) is 13.8 Å². The van der Waals surface area contributed by atoms with Gasteiger partial charge in [-0.3, -0.25) is 9.59 Å². The number of carboxylic acid groups (broad SMARTS) is 1. The van der Waals surface area contributed by atoms with Crippen molar-refractivity contribution in [3.63, 3.8) is 0 Å². The van der Waals surface area contributed by atoms with Crippen molar-refractivity contribution in [2.45, 2.75) is 46.1 Å². The number of nitrogens with one attached hydrogen (secondary N) is 1. The van der Waals surface area contributed by atoms with Crippen LogP contribution >= 0.6 is 0 Å². The molecule has 0 saturated carbocycles. The molecule has 0 spiro atoms. The first-order valence-electron chi connectivity index (χ1n) is 5.55. The third-order valence-corrected chi connectivity index (χ3v) is 2.13. The summed E-state index contributed by atoms with van der Waals surface area (Å²) in [6.45, 7) is 6.39. The quantitative estimate of drug-likeness (QED) is 0.463. The van der Waals surface area contributed by atoms with Crippen LogP contribution in [0.4, 0.5) is 0 Å². The third kappa shape index (κ3) is 8.38. The predicted octanol–water partition coefficient (Wildman–Crippen LogP) is 1.38. The summed E-state index contributed by atoms with van der Waals surface area (Å²) in [7, 11) is 0. The van der Waals surface area contributed by atoms with Crippen LogP contribution in [0.15, 0.2) is 0 Å². The molecule has 0 aliphatic carbocycles. The van der Waals surface area contributed by atoms with Crippen molar-refractivity contribution in [1.29, 1.82) is 0 Å². The highest BCUT2D eigenvalue weighted by Crippen LogP contribution is 1.99. The molecule has 0 fully saturated rings. The Kier molecular flexibility index (Phi) is 7.76. The third-order valence-electron chi connectivity index (χ3n) is 2.13. The number of hydrogen-bond acceptors (Lipinski definition) is 4. The van der Waals surface area contributed by atoms with E-state index in [2.05, 4.69) is 19.3 Å². The second-order valence-corrected chi connectivity index (χ2v) is 4.23. The molecule has 0 radical (unpaired) electrons.